The minimum atomic E-state index is -0.578. The Morgan fingerprint density at radius 3 is 2.29 bits per heavy atom. The maximum atomic E-state index is 12.8. The van der Waals surface area contributed by atoms with Gasteiger partial charge >= 0.3 is 5.97 Å². The van der Waals surface area contributed by atoms with Gasteiger partial charge in [0.2, 0.25) is 0 Å². The Morgan fingerprint density at radius 1 is 0.958 bits per heavy atom. The molecule has 120 valence electrons. The lowest BCUT2D eigenvalue weighted by Gasteiger charge is -2.07. The van der Waals surface area contributed by atoms with Crippen LogP contribution in [0.25, 0.3) is 0 Å². The molecule has 6 heteroatoms. The summed E-state index contributed by atoms with van der Waals surface area (Å²) in [6, 6.07) is 15.1. The number of ether oxygens (including phenoxy) is 1. The number of nitrogens with one attached hydrogen (secondary N) is 1. The number of thiophene rings is 1. The highest BCUT2D eigenvalue weighted by Crippen LogP contribution is 2.19. The molecule has 4 nitrogen and oxygen atoms in total. The molecule has 1 aromatic heterocycles. The second kappa shape index (κ2) is 7.06. The SMILES string of the molecule is O=C(Oc1ccc(NC(=O)c2cccs2)cc1)c1ccc(F)cc1. The molecule has 1 heterocycles. The Morgan fingerprint density at radius 2 is 1.67 bits per heavy atom. The average Bonchev–Trinajstić information content (AvgIpc) is 3.12. The van der Waals surface area contributed by atoms with Crippen LogP contribution in [-0.2, 0) is 0 Å². The maximum absolute atomic E-state index is 12.8. The Kier molecular flexibility index (Phi) is 4.67. The fourth-order valence-electron chi connectivity index (χ4n) is 1.96. The van der Waals surface area contributed by atoms with Gasteiger partial charge < -0.3 is 10.1 Å². The Bertz CT molecular complexity index is 843. The molecule has 0 aliphatic carbocycles. The first-order valence-electron chi connectivity index (χ1n) is 7.04. The van der Waals surface area contributed by atoms with E-state index >= 15 is 0 Å². The number of rotatable bonds is 4. The highest BCUT2D eigenvalue weighted by molar-refractivity contribution is 7.12. The second-order valence-electron chi connectivity index (χ2n) is 4.85. The molecule has 0 saturated heterocycles. The van der Waals surface area contributed by atoms with Crippen LogP contribution in [0.2, 0.25) is 0 Å². The number of hydrogen-bond donors (Lipinski definition) is 1. The maximum Gasteiger partial charge on any atom is 0.343 e. The van der Waals surface area contributed by atoms with Crippen molar-refractivity contribution in [3.05, 3.63) is 82.3 Å². The van der Waals surface area contributed by atoms with Gasteiger partial charge in [0, 0.05) is 5.69 Å². The van der Waals surface area contributed by atoms with Gasteiger partial charge in [-0.15, -0.1) is 11.3 Å². The smallest absolute Gasteiger partial charge is 0.343 e. The summed E-state index contributed by atoms with van der Waals surface area (Å²) in [4.78, 5) is 24.5. The minimum absolute atomic E-state index is 0.193. The first kappa shape index (κ1) is 15.9. The quantitative estimate of drug-likeness (QED) is 0.567. The first-order chi connectivity index (χ1) is 11.6. The molecular weight excluding hydrogens is 329 g/mol. The van der Waals surface area contributed by atoms with E-state index in [0.29, 0.717) is 16.3 Å². The Labute approximate surface area is 141 Å². The van der Waals surface area contributed by atoms with E-state index in [1.807, 2.05) is 5.38 Å². The zero-order valence-corrected chi connectivity index (χ0v) is 13.2. The zero-order chi connectivity index (χ0) is 16.9. The minimum Gasteiger partial charge on any atom is -0.423 e. The molecule has 1 N–H and O–H groups in total. The third-order valence-electron chi connectivity index (χ3n) is 3.15. The number of carbonyl (C=O) groups excluding carboxylic acids is 2. The molecule has 3 aromatic rings. The molecule has 0 saturated carbocycles. The largest absolute Gasteiger partial charge is 0.423 e. The van der Waals surface area contributed by atoms with E-state index in [1.54, 1.807) is 36.4 Å². The summed E-state index contributed by atoms with van der Waals surface area (Å²) < 4.78 is 18.0. The molecule has 0 unspecified atom stereocenters. The van der Waals surface area contributed by atoms with Gasteiger partial charge in [-0.05, 0) is 60.0 Å². The fourth-order valence-corrected chi connectivity index (χ4v) is 2.58. The predicted molar refractivity (Wildman–Crippen MR) is 90.1 cm³/mol. The van der Waals surface area contributed by atoms with Gasteiger partial charge in [-0.3, -0.25) is 4.79 Å². The van der Waals surface area contributed by atoms with Crippen LogP contribution in [-0.4, -0.2) is 11.9 Å². The van der Waals surface area contributed by atoms with E-state index in [-0.39, 0.29) is 11.5 Å². The van der Waals surface area contributed by atoms with Gasteiger partial charge in [-0.25, -0.2) is 9.18 Å². The third kappa shape index (κ3) is 3.85. The summed E-state index contributed by atoms with van der Waals surface area (Å²) in [5.41, 5.74) is 0.849. The van der Waals surface area contributed by atoms with Gasteiger partial charge in [-0.2, -0.15) is 0 Å². The molecule has 0 bridgehead atoms. The van der Waals surface area contributed by atoms with Crippen molar-refractivity contribution in [3.8, 4) is 5.75 Å². The molecule has 0 atom stereocenters. The van der Waals surface area contributed by atoms with Crippen LogP contribution in [0.5, 0.6) is 5.75 Å². The van der Waals surface area contributed by atoms with Crippen LogP contribution in [0, 0.1) is 5.82 Å². The number of halogens is 1. The fraction of sp³-hybridized carbons (Fsp3) is 0. The second-order valence-corrected chi connectivity index (χ2v) is 5.80. The van der Waals surface area contributed by atoms with Crippen molar-refractivity contribution in [2.45, 2.75) is 0 Å². The van der Waals surface area contributed by atoms with Gasteiger partial charge in [0.15, 0.2) is 0 Å². The van der Waals surface area contributed by atoms with Crippen molar-refractivity contribution in [1.29, 1.82) is 0 Å². The monoisotopic (exact) mass is 341 g/mol. The summed E-state index contributed by atoms with van der Waals surface area (Å²) >= 11 is 1.35. The van der Waals surface area contributed by atoms with Gasteiger partial charge in [0.05, 0.1) is 10.4 Å². The topological polar surface area (TPSA) is 55.4 Å². The van der Waals surface area contributed by atoms with Crippen LogP contribution in [0.3, 0.4) is 0 Å². The summed E-state index contributed by atoms with van der Waals surface area (Å²) in [7, 11) is 0. The summed E-state index contributed by atoms with van der Waals surface area (Å²) in [6.45, 7) is 0. The van der Waals surface area contributed by atoms with Crippen molar-refractivity contribution in [2.24, 2.45) is 0 Å². The summed E-state index contributed by atoms with van der Waals surface area (Å²) in [5, 5.41) is 4.58. The van der Waals surface area contributed by atoms with Crippen molar-refractivity contribution < 1.29 is 18.7 Å². The van der Waals surface area contributed by atoms with E-state index in [4.69, 9.17) is 4.74 Å². The standard InChI is InChI=1S/C18H12FNO3S/c19-13-5-3-12(4-6-13)18(22)23-15-9-7-14(8-10-15)20-17(21)16-2-1-11-24-16/h1-11H,(H,20,21). The number of benzene rings is 2. The lowest BCUT2D eigenvalue weighted by molar-refractivity contribution is 0.0734. The van der Waals surface area contributed by atoms with Crippen molar-refractivity contribution in [3.63, 3.8) is 0 Å². The van der Waals surface area contributed by atoms with E-state index in [0.717, 1.165) is 0 Å². The average molecular weight is 341 g/mol. The lowest BCUT2D eigenvalue weighted by Crippen LogP contribution is -2.10. The van der Waals surface area contributed by atoms with Crippen LogP contribution >= 0.6 is 11.3 Å². The molecule has 3 rings (SSSR count). The van der Waals surface area contributed by atoms with Crippen LogP contribution in [0.4, 0.5) is 10.1 Å². The molecule has 24 heavy (non-hydrogen) atoms. The van der Waals surface area contributed by atoms with Gasteiger partial charge in [-0.1, -0.05) is 6.07 Å². The number of hydrogen-bond acceptors (Lipinski definition) is 4. The molecule has 0 aliphatic heterocycles. The van der Waals surface area contributed by atoms with Gasteiger partial charge in [0.1, 0.15) is 11.6 Å². The summed E-state index contributed by atoms with van der Waals surface area (Å²) in [5.74, 6) is -0.859. The normalized spacial score (nSPS) is 10.2. The highest BCUT2D eigenvalue weighted by Gasteiger charge is 2.10. The lowest BCUT2D eigenvalue weighted by atomic mass is 10.2. The molecule has 1 amide bonds. The molecule has 0 radical (unpaired) electrons. The molecule has 2 aromatic carbocycles. The Hall–Kier alpha value is -2.99. The number of carbonyl (C=O) groups is 2. The van der Waals surface area contributed by atoms with Crippen molar-refractivity contribution >= 4 is 28.9 Å². The van der Waals surface area contributed by atoms with Crippen molar-refractivity contribution in [1.82, 2.24) is 0 Å². The highest BCUT2D eigenvalue weighted by atomic mass is 32.1. The molecule has 0 fully saturated rings. The Balaban J connectivity index is 1.63. The molecule has 0 spiro atoms. The number of amides is 1. The van der Waals surface area contributed by atoms with Crippen molar-refractivity contribution in [2.75, 3.05) is 5.32 Å². The zero-order valence-electron chi connectivity index (χ0n) is 12.4. The number of anilines is 1. The molecule has 0 aliphatic rings. The van der Waals surface area contributed by atoms with Gasteiger partial charge in [0.25, 0.3) is 5.91 Å². The first-order valence-corrected chi connectivity index (χ1v) is 7.92. The molecular formula is C18H12FNO3S. The summed E-state index contributed by atoms with van der Waals surface area (Å²) in [6.07, 6.45) is 0. The number of esters is 1. The van der Waals surface area contributed by atoms with Crippen LogP contribution in [0.15, 0.2) is 66.0 Å². The van der Waals surface area contributed by atoms with E-state index < -0.39 is 11.8 Å². The van der Waals surface area contributed by atoms with Crippen LogP contribution in [0.1, 0.15) is 20.0 Å². The third-order valence-corrected chi connectivity index (χ3v) is 4.02. The van der Waals surface area contributed by atoms with E-state index in [2.05, 4.69) is 5.32 Å². The van der Waals surface area contributed by atoms with Crippen LogP contribution < -0.4 is 10.1 Å². The predicted octanol–water partition coefficient (Wildman–Crippen LogP) is 4.36. The van der Waals surface area contributed by atoms with E-state index in [1.165, 1.54) is 35.6 Å². The van der Waals surface area contributed by atoms with E-state index in [9.17, 15) is 14.0 Å².